The summed E-state index contributed by atoms with van der Waals surface area (Å²) in [5.74, 6) is 0.835. The van der Waals surface area contributed by atoms with E-state index in [0.29, 0.717) is 30.5 Å². The van der Waals surface area contributed by atoms with Gasteiger partial charge in [-0.15, -0.1) is 0 Å². The minimum Gasteiger partial charge on any atom is -0.497 e. The Labute approximate surface area is 230 Å². The molecule has 2 aromatic rings. The number of amides is 2. The fourth-order valence-electron chi connectivity index (χ4n) is 4.88. The molecule has 1 N–H and O–H groups in total. The Balaban J connectivity index is 1.59. The minimum absolute atomic E-state index is 0.0804. The molecule has 1 saturated carbocycles. The summed E-state index contributed by atoms with van der Waals surface area (Å²) in [6.07, 6.45) is 6.16. The second-order valence-corrected chi connectivity index (χ2v) is 11.9. The quantitative estimate of drug-likeness (QED) is 0.476. The van der Waals surface area contributed by atoms with Gasteiger partial charge < -0.3 is 24.4 Å². The SMILES string of the molecule is COc1ccc(CN(C(=O)CN(c2ccc3c(c2)OCCO3)S(C)(=O)=O)[C@H](C)C(=O)NC2CCCCC2)cc1. The van der Waals surface area contributed by atoms with Crippen LogP contribution in [0.5, 0.6) is 17.2 Å². The molecule has 2 aromatic carbocycles. The lowest BCUT2D eigenvalue weighted by Crippen LogP contribution is -2.52. The molecule has 1 fully saturated rings. The first-order chi connectivity index (χ1) is 18.7. The molecule has 2 aliphatic rings. The van der Waals surface area contributed by atoms with Crippen LogP contribution in [0.25, 0.3) is 0 Å². The van der Waals surface area contributed by atoms with E-state index in [2.05, 4.69) is 5.32 Å². The normalized spacial score (nSPS) is 16.2. The number of anilines is 1. The molecule has 0 bridgehead atoms. The Hall–Kier alpha value is -3.47. The van der Waals surface area contributed by atoms with Crippen molar-refractivity contribution in [1.29, 1.82) is 0 Å². The van der Waals surface area contributed by atoms with Crippen molar-refractivity contribution in [3.8, 4) is 17.2 Å². The lowest BCUT2D eigenvalue weighted by molar-refractivity contribution is -0.139. The molecule has 1 aliphatic heterocycles. The Kier molecular flexibility index (Phi) is 9.21. The van der Waals surface area contributed by atoms with E-state index in [1.807, 2.05) is 12.1 Å². The van der Waals surface area contributed by atoms with Crippen LogP contribution >= 0.6 is 0 Å². The molecule has 1 heterocycles. The number of nitrogens with zero attached hydrogens (tertiary/aromatic N) is 2. The van der Waals surface area contributed by atoms with Crippen LogP contribution in [0.1, 0.15) is 44.6 Å². The van der Waals surface area contributed by atoms with Gasteiger partial charge in [-0.2, -0.15) is 0 Å². The minimum atomic E-state index is -3.85. The molecule has 4 rings (SSSR count). The first-order valence-electron chi connectivity index (χ1n) is 13.3. The number of methoxy groups -OCH3 is 1. The zero-order valence-corrected chi connectivity index (χ0v) is 23.5. The molecular formula is C28H37N3O7S. The van der Waals surface area contributed by atoms with Crippen molar-refractivity contribution in [2.24, 2.45) is 0 Å². The zero-order valence-electron chi connectivity index (χ0n) is 22.7. The first-order valence-corrected chi connectivity index (χ1v) is 15.1. The molecule has 1 aliphatic carbocycles. The smallest absolute Gasteiger partial charge is 0.244 e. The second-order valence-electron chi connectivity index (χ2n) is 9.99. The third-order valence-electron chi connectivity index (χ3n) is 7.12. The van der Waals surface area contributed by atoms with Gasteiger partial charge >= 0.3 is 0 Å². The summed E-state index contributed by atoms with van der Waals surface area (Å²) in [5, 5.41) is 3.09. The van der Waals surface area contributed by atoms with Gasteiger partial charge in [0.05, 0.1) is 19.1 Å². The summed E-state index contributed by atoms with van der Waals surface area (Å²) in [6, 6.07) is 11.2. The standard InChI is InChI=1S/C28H37N3O7S/c1-20(28(33)29-22-7-5-4-6-8-22)30(18-21-9-12-24(36-2)13-10-21)27(32)19-31(39(3,34)35)23-11-14-25-26(17-23)38-16-15-37-25/h9-14,17,20,22H,4-8,15-16,18-19H2,1-3H3,(H,29,33)/t20-/m1/s1. The predicted molar refractivity (Wildman–Crippen MR) is 148 cm³/mol. The zero-order chi connectivity index (χ0) is 28.0. The molecule has 2 amide bonds. The van der Waals surface area contributed by atoms with Crippen LogP contribution in [-0.4, -0.2) is 70.3 Å². The van der Waals surface area contributed by atoms with Crippen LogP contribution in [0.4, 0.5) is 5.69 Å². The van der Waals surface area contributed by atoms with Crippen molar-refractivity contribution in [3.63, 3.8) is 0 Å². The van der Waals surface area contributed by atoms with E-state index in [1.54, 1.807) is 44.4 Å². The average molecular weight is 560 g/mol. The number of ether oxygens (including phenoxy) is 3. The van der Waals surface area contributed by atoms with Gasteiger partial charge in [0.2, 0.25) is 21.8 Å². The number of hydrogen-bond acceptors (Lipinski definition) is 7. The Bertz CT molecular complexity index is 1260. The topological polar surface area (TPSA) is 114 Å². The van der Waals surface area contributed by atoms with Gasteiger partial charge in [0.25, 0.3) is 0 Å². The third-order valence-corrected chi connectivity index (χ3v) is 8.26. The maximum atomic E-state index is 13.8. The summed E-state index contributed by atoms with van der Waals surface area (Å²) in [7, 11) is -2.28. The Morgan fingerprint density at radius 1 is 1.03 bits per heavy atom. The van der Waals surface area contributed by atoms with Crippen molar-refractivity contribution in [2.75, 3.05) is 37.4 Å². The largest absolute Gasteiger partial charge is 0.497 e. The van der Waals surface area contributed by atoms with E-state index in [1.165, 1.54) is 4.90 Å². The second kappa shape index (κ2) is 12.6. The highest BCUT2D eigenvalue weighted by Crippen LogP contribution is 2.34. The first kappa shape index (κ1) is 28.5. The van der Waals surface area contributed by atoms with Gasteiger partial charge in [0, 0.05) is 18.7 Å². The highest BCUT2D eigenvalue weighted by molar-refractivity contribution is 7.92. The van der Waals surface area contributed by atoms with Crippen LogP contribution in [0.15, 0.2) is 42.5 Å². The number of fused-ring (bicyclic) bond motifs is 1. The monoisotopic (exact) mass is 559 g/mol. The number of rotatable bonds is 10. The molecule has 0 radical (unpaired) electrons. The highest BCUT2D eigenvalue weighted by Gasteiger charge is 2.31. The predicted octanol–water partition coefficient (Wildman–Crippen LogP) is 3.10. The van der Waals surface area contributed by atoms with Gasteiger partial charge in [-0.1, -0.05) is 31.4 Å². The van der Waals surface area contributed by atoms with E-state index in [0.717, 1.165) is 48.2 Å². The molecule has 39 heavy (non-hydrogen) atoms. The lowest BCUT2D eigenvalue weighted by atomic mass is 9.95. The molecule has 212 valence electrons. The number of nitrogens with one attached hydrogen (secondary N) is 1. The third kappa shape index (κ3) is 7.35. The molecule has 0 saturated heterocycles. The van der Waals surface area contributed by atoms with E-state index in [-0.39, 0.29) is 24.2 Å². The number of carbonyl (C=O) groups is 2. The van der Waals surface area contributed by atoms with Crippen molar-refractivity contribution in [1.82, 2.24) is 10.2 Å². The molecular weight excluding hydrogens is 522 g/mol. The van der Waals surface area contributed by atoms with Crippen LogP contribution in [-0.2, 0) is 26.2 Å². The van der Waals surface area contributed by atoms with Crippen LogP contribution in [0.2, 0.25) is 0 Å². The molecule has 0 unspecified atom stereocenters. The van der Waals surface area contributed by atoms with Crippen molar-refractivity contribution in [3.05, 3.63) is 48.0 Å². The maximum Gasteiger partial charge on any atom is 0.244 e. The van der Waals surface area contributed by atoms with E-state index in [4.69, 9.17) is 14.2 Å². The summed E-state index contributed by atoms with van der Waals surface area (Å²) in [6.45, 7) is 2.07. The Morgan fingerprint density at radius 3 is 2.33 bits per heavy atom. The summed E-state index contributed by atoms with van der Waals surface area (Å²) < 4.78 is 43.1. The molecule has 11 heteroatoms. The molecule has 0 spiro atoms. The molecule has 10 nitrogen and oxygen atoms in total. The fraction of sp³-hybridized carbons (Fsp3) is 0.500. The number of hydrogen-bond donors (Lipinski definition) is 1. The van der Waals surface area contributed by atoms with Crippen LogP contribution in [0, 0.1) is 0 Å². The van der Waals surface area contributed by atoms with E-state index >= 15 is 0 Å². The van der Waals surface area contributed by atoms with Gasteiger partial charge in [0.15, 0.2) is 11.5 Å². The fourth-order valence-corrected chi connectivity index (χ4v) is 5.72. The van der Waals surface area contributed by atoms with Crippen molar-refractivity contribution in [2.45, 2.75) is 57.7 Å². The molecule has 1 atom stereocenters. The van der Waals surface area contributed by atoms with Crippen molar-refractivity contribution >= 4 is 27.5 Å². The van der Waals surface area contributed by atoms with Crippen LogP contribution in [0.3, 0.4) is 0 Å². The number of carbonyl (C=O) groups excluding carboxylic acids is 2. The van der Waals surface area contributed by atoms with E-state index < -0.39 is 28.5 Å². The van der Waals surface area contributed by atoms with Crippen LogP contribution < -0.4 is 23.8 Å². The maximum absolute atomic E-state index is 13.8. The summed E-state index contributed by atoms with van der Waals surface area (Å²) in [5.41, 5.74) is 1.06. The number of sulfonamides is 1. The van der Waals surface area contributed by atoms with E-state index in [9.17, 15) is 18.0 Å². The Morgan fingerprint density at radius 2 is 1.69 bits per heavy atom. The van der Waals surface area contributed by atoms with Gasteiger partial charge in [0.1, 0.15) is 31.5 Å². The lowest BCUT2D eigenvalue weighted by Gasteiger charge is -2.33. The van der Waals surface area contributed by atoms with Crippen molar-refractivity contribution < 1.29 is 32.2 Å². The van der Waals surface area contributed by atoms with Gasteiger partial charge in [-0.3, -0.25) is 13.9 Å². The number of benzene rings is 2. The highest BCUT2D eigenvalue weighted by atomic mass is 32.2. The summed E-state index contributed by atoms with van der Waals surface area (Å²) >= 11 is 0. The summed E-state index contributed by atoms with van der Waals surface area (Å²) in [4.78, 5) is 28.5. The molecule has 0 aromatic heterocycles. The average Bonchev–Trinajstić information content (AvgIpc) is 2.94. The van der Waals surface area contributed by atoms with Gasteiger partial charge in [-0.25, -0.2) is 8.42 Å². The van der Waals surface area contributed by atoms with Gasteiger partial charge in [-0.05, 0) is 49.6 Å².